The number of amides is 1. The average molecular weight is 452 g/mol. The van der Waals surface area contributed by atoms with Crippen molar-refractivity contribution < 1.29 is 18.4 Å². The Morgan fingerprint density at radius 2 is 1.76 bits per heavy atom. The first-order valence-electron chi connectivity index (χ1n) is 8.87. The lowest BCUT2D eigenvalue weighted by atomic mass is 10.1. The van der Waals surface area contributed by atoms with Crippen molar-refractivity contribution >= 4 is 53.3 Å². The van der Waals surface area contributed by atoms with E-state index in [2.05, 4.69) is 15.5 Å². The first kappa shape index (κ1) is 21.6. The fourth-order valence-electron chi connectivity index (χ4n) is 2.53. The Balaban J connectivity index is 2.02. The van der Waals surface area contributed by atoms with Crippen LogP contribution in [0.15, 0.2) is 58.7 Å². The third kappa shape index (κ3) is 5.29. The van der Waals surface area contributed by atoms with E-state index in [0.717, 1.165) is 0 Å². The van der Waals surface area contributed by atoms with Crippen molar-refractivity contribution in [2.24, 2.45) is 10.2 Å². The van der Waals surface area contributed by atoms with E-state index >= 15 is 0 Å². The molecule has 0 radical (unpaired) electrons. The van der Waals surface area contributed by atoms with E-state index in [1.54, 1.807) is 50.2 Å². The lowest BCUT2D eigenvalue weighted by Crippen LogP contribution is -2.14. The maximum absolute atomic E-state index is 12.3. The van der Waals surface area contributed by atoms with Crippen LogP contribution in [0.4, 0.5) is 5.69 Å². The molecule has 0 saturated heterocycles. The fourth-order valence-corrected chi connectivity index (χ4v) is 4.67. The van der Waals surface area contributed by atoms with Gasteiger partial charge >= 0.3 is 6.72 Å². The minimum Gasteiger partial charge on any atom is -0.403 e. The van der Waals surface area contributed by atoms with Gasteiger partial charge in [-0.15, -0.1) is 10.2 Å². The largest absolute Gasteiger partial charge is 0.403 e. The van der Waals surface area contributed by atoms with Gasteiger partial charge in [0.25, 0.3) is 5.91 Å². The number of hydrogen-bond acceptors (Lipinski definition) is 7. The van der Waals surface area contributed by atoms with Crippen LogP contribution < -0.4 is 5.32 Å². The monoisotopic (exact) mass is 451 g/mol. The van der Waals surface area contributed by atoms with Crippen LogP contribution in [-0.4, -0.2) is 30.7 Å². The van der Waals surface area contributed by atoms with Crippen molar-refractivity contribution in [3.8, 4) is 0 Å². The van der Waals surface area contributed by atoms with Gasteiger partial charge in [0.05, 0.1) is 18.9 Å². The molecule has 1 N–H and O–H groups in total. The summed E-state index contributed by atoms with van der Waals surface area (Å²) in [6.07, 6.45) is 0. The number of fused-ring (bicyclic) bond motifs is 1. The van der Waals surface area contributed by atoms with Gasteiger partial charge in [-0.05, 0) is 44.2 Å². The van der Waals surface area contributed by atoms with Crippen molar-refractivity contribution in [1.29, 1.82) is 0 Å². The quantitative estimate of drug-likeness (QED) is 0.284. The summed E-state index contributed by atoms with van der Waals surface area (Å²) in [5.74, 6) is -0.268. The number of nitrogens with one attached hydrogen (secondary N) is 1. The van der Waals surface area contributed by atoms with Crippen LogP contribution in [-0.2, 0) is 30.2 Å². The SMILES string of the molecule is CCOP(=S)(OCC)O/C(=N\N=C1/C(=O)Nc2ccccc21)c1ccc(Cl)cc1. The lowest BCUT2D eigenvalue weighted by Gasteiger charge is -2.21. The molecule has 7 nitrogen and oxygen atoms in total. The normalized spacial score (nSPS) is 15.3. The fraction of sp³-hybridized carbons (Fsp3) is 0.211. The first-order valence-corrected chi connectivity index (χ1v) is 11.8. The number of para-hydroxylation sites is 1. The molecular weight excluding hydrogens is 433 g/mol. The standard InChI is InChI=1S/C19H19ClN3O4PS/c1-3-25-28(29,26-4-2)27-19(13-9-11-14(20)12-10-13)23-22-17-15-7-5-6-8-16(15)21-18(17)24/h5-12H,3-4H2,1-2H3,(H,21,22,24)/b23-19-. The van der Waals surface area contributed by atoms with Gasteiger partial charge in [0.1, 0.15) is 0 Å². The van der Waals surface area contributed by atoms with Crippen molar-refractivity contribution in [3.63, 3.8) is 0 Å². The summed E-state index contributed by atoms with van der Waals surface area (Å²) in [7, 11) is 0. The summed E-state index contributed by atoms with van der Waals surface area (Å²) in [6, 6.07) is 14.0. The maximum Gasteiger partial charge on any atom is 0.381 e. The topological polar surface area (TPSA) is 81.5 Å². The zero-order valence-electron chi connectivity index (χ0n) is 15.8. The Morgan fingerprint density at radius 1 is 1.10 bits per heavy atom. The van der Waals surface area contributed by atoms with Gasteiger partial charge in [0.15, 0.2) is 5.71 Å². The van der Waals surface area contributed by atoms with Gasteiger partial charge < -0.3 is 9.84 Å². The molecule has 0 bridgehead atoms. The molecule has 0 atom stereocenters. The molecule has 0 aliphatic carbocycles. The zero-order chi connectivity index (χ0) is 20.9. The van der Waals surface area contributed by atoms with Crippen LogP contribution in [0.25, 0.3) is 0 Å². The Hall–Kier alpha value is -2.09. The highest BCUT2D eigenvalue weighted by Crippen LogP contribution is 2.50. The summed E-state index contributed by atoms with van der Waals surface area (Å²) in [4.78, 5) is 12.3. The summed E-state index contributed by atoms with van der Waals surface area (Å²) in [5, 5.41) is 11.6. The van der Waals surface area contributed by atoms with E-state index in [1.165, 1.54) is 0 Å². The molecule has 29 heavy (non-hydrogen) atoms. The number of anilines is 1. The predicted molar refractivity (Wildman–Crippen MR) is 118 cm³/mol. The number of halogens is 1. The van der Waals surface area contributed by atoms with Gasteiger partial charge in [-0.1, -0.05) is 29.8 Å². The highest BCUT2D eigenvalue weighted by Gasteiger charge is 2.27. The molecule has 10 heteroatoms. The van der Waals surface area contributed by atoms with Gasteiger partial charge in [-0.3, -0.25) is 13.8 Å². The van der Waals surface area contributed by atoms with Gasteiger partial charge in [-0.25, -0.2) is 0 Å². The molecule has 2 aromatic rings. The average Bonchev–Trinajstić information content (AvgIpc) is 3.01. The molecule has 1 aliphatic heterocycles. The lowest BCUT2D eigenvalue weighted by molar-refractivity contribution is -0.110. The molecule has 0 spiro atoms. The number of nitrogens with zero attached hydrogens (tertiary/aromatic N) is 2. The molecule has 1 aliphatic rings. The van der Waals surface area contributed by atoms with E-state index in [4.69, 9.17) is 37.0 Å². The number of rotatable bonds is 7. The molecule has 0 unspecified atom stereocenters. The minimum absolute atomic E-state index is 0.0802. The molecule has 0 saturated carbocycles. The molecule has 1 amide bonds. The second-order valence-corrected chi connectivity index (χ2v) is 9.11. The van der Waals surface area contributed by atoms with Crippen LogP contribution in [0.2, 0.25) is 5.02 Å². The summed E-state index contributed by atoms with van der Waals surface area (Å²) in [5.41, 5.74) is 2.08. The van der Waals surface area contributed by atoms with Crippen LogP contribution in [0, 0.1) is 0 Å². The molecule has 1 heterocycles. The Labute approximate surface area is 179 Å². The molecule has 2 aromatic carbocycles. The second kappa shape index (κ2) is 9.61. The van der Waals surface area contributed by atoms with E-state index in [-0.39, 0.29) is 17.5 Å². The highest BCUT2D eigenvalue weighted by atomic mass is 35.5. The highest BCUT2D eigenvalue weighted by molar-refractivity contribution is 8.07. The van der Waals surface area contributed by atoms with Crippen molar-refractivity contribution in [2.45, 2.75) is 13.8 Å². The minimum atomic E-state index is -3.10. The number of benzene rings is 2. The Kier molecular flexibility index (Phi) is 7.16. The van der Waals surface area contributed by atoms with E-state index < -0.39 is 6.72 Å². The van der Waals surface area contributed by atoms with Crippen LogP contribution in [0.5, 0.6) is 0 Å². The molecule has 0 fully saturated rings. The van der Waals surface area contributed by atoms with E-state index in [0.29, 0.717) is 35.1 Å². The summed E-state index contributed by atoms with van der Waals surface area (Å²) < 4.78 is 17.0. The number of hydrogen-bond donors (Lipinski definition) is 1. The number of carbonyl (C=O) groups is 1. The Morgan fingerprint density at radius 3 is 2.41 bits per heavy atom. The smallest absolute Gasteiger partial charge is 0.381 e. The van der Waals surface area contributed by atoms with Crippen molar-refractivity contribution in [1.82, 2.24) is 0 Å². The third-order valence-corrected chi connectivity index (χ3v) is 6.40. The molecule has 152 valence electrons. The third-order valence-electron chi connectivity index (χ3n) is 3.75. The molecule has 3 rings (SSSR count). The van der Waals surface area contributed by atoms with E-state index in [9.17, 15) is 4.79 Å². The summed E-state index contributed by atoms with van der Waals surface area (Å²) in [6.45, 7) is 1.12. The number of carbonyl (C=O) groups excluding carboxylic acids is 1. The summed E-state index contributed by atoms with van der Waals surface area (Å²) >= 11 is 11.4. The van der Waals surface area contributed by atoms with Gasteiger partial charge in [0.2, 0.25) is 5.90 Å². The van der Waals surface area contributed by atoms with Crippen LogP contribution >= 0.6 is 18.3 Å². The zero-order valence-corrected chi connectivity index (χ0v) is 18.3. The van der Waals surface area contributed by atoms with Crippen molar-refractivity contribution in [3.05, 3.63) is 64.7 Å². The Bertz CT molecular complexity index is 1000. The van der Waals surface area contributed by atoms with Gasteiger partial charge in [-0.2, -0.15) is 0 Å². The van der Waals surface area contributed by atoms with Crippen LogP contribution in [0.1, 0.15) is 25.0 Å². The predicted octanol–water partition coefficient (Wildman–Crippen LogP) is 4.76. The first-order chi connectivity index (χ1) is 14.0. The maximum atomic E-state index is 12.3. The molecule has 0 aromatic heterocycles. The van der Waals surface area contributed by atoms with Crippen molar-refractivity contribution in [2.75, 3.05) is 18.5 Å². The van der Waals surface area contributed by atoms with Gasteiger partial charge in [0, 0.05) is 28.0 Å². The molecular formula is C19H19ClN3O4PS. The van der Waals surface area contributed by atoms with E-state index in [1.807, 2.05) is 12.1 Å². The van der Waals surface area contributed by atoms with Crippen LogP contribution in [0.3, 0.4) is 0 Å². The second-order valence-electron chi connectivity index (χ2n) is 5.73.